The Morgan fingerprint density at radius 1 is 1.21 bits per heavy atom. The standard InChI is InChI=1S/C20H27N3O4S/c1-3-18-17(10-16-11-22(28(2,26)27)12-19(24)23(16)18)20(25)21-15-8-13-6-4-5-7-14(13)9-15/h4-7,15-18H,3,8-12H2,1-2H3,(H,21,25)/t16-,17-,18-/m1/s1. The molecule has 0 spiro atoms. The summed E-state index contributed by atoms with van der Waals surface area (Å²) in [6.45, 7) is 2.13. The van der Waals surface area contributed by atoms with Gasteiger partial charge in [0.1, 0.15) is 0 Å². The third-order valence-electron chi connectivity index (χ3n) is 6.38. The summed E-state index contributed by atoms with van der Waals surface area (Å²) in [5.74, 6) is -0.503. The smallest absolute Gasteiger partial charge is 0.238 e. The molecule has 2 saturated heterocycles. The quantitative estimate of drug-likeness (QED) is 0.792. The molecule has 4 rings (SSSR count). The summed E-state index contributed by atoms with van der Waals surface area (Å²) in [5, 5.41) is 3.19. The van der Waals surface area contributed by atoms with E-state index in [2.05, 4.69) is 17.4 Å². The molecule has 2 aliphatic heterocycles. The van der Waals surface area contributed by atoms with Crippen molar-refractivity contribution < 1.29 is 18.0 Å². The second-order valence-corrected chi connectivity index (χ2v) is 10.2. The van der Waals surface area contributed by atoms with E-state index in [1.54, 1.807) is 4.90 Å². The SMILES string of the molecule is CC[C@@H]1[C@H](C(=O)NC2Cc3ccccc3C2)C[C@@H]2CN(S(C)(=O)=O)CC(=O)N21. The first-order valence-corrected chi connectivity index (χ1v) is 11.8. The van der Waals surface area contributed by atoms with Gasteiger partial charge in [-0.05, 0) is 36.8 Å². The predicted molar refractivity (Wildman–Crippen MR) is 105 cm³/mol. The molecule has 8 heteroatoms. The van der Waals surface area contributed by atoms with Gasteiger partial charge in [0.05, 0.1) is 18.7 Å². The van der Waals surface area contributed by atoms with Crippen LogP contribution in [0.2, 0.25) is 0 Å². The molecule has 2 amide bonds. The van der Waals surface area contributed by atoms with E-state index in [0.717, 1.165) is 19.1 Å². The van der Waals surface area contributed by atoms with Gasteiger partial charge in [0.15, 0.2) is 0 Å². The summed E-state index contributed by atoms with van der Waals surface area (Å²) in [6.07, 6.45) is 3.99. The Morgan fingerprint density at radius 2 is 1.86 bits per heavy atom. The number of carbonyl (C=O) groups excluding carboxylic acids is 2. The first-order valence-electron chi connectivity index (χ1n) is 9.91. The van der Waals surface area contributed by atoms with Crippen molar-refractivity contribution in [3.8, 4) is 0 Å². The summed E-state index contributed by atoms with van der Waals surface area (Å²) < 4.78 is 25.0. The summed E-state index contributed by atoms with van der Waals surface area (Å²) in [7, 11) is -3.42. The Hall–Kier alpha value is -1.93. The zero-order valence-corrected chi connectivity index (χ0v) is 17.1. The average molecular weight is 406 g/mol. The molecule has 152 valence electrons. The van der Waals surface area contributed by atoms with E-state index in [1.807, 2.05) is 19.1 Å². The second kappa shape index (κ2) is 7.15. The Bertz CT molecular complexity index is 875. The van der Waals surface area contributed by atoms with Crippen LogP contribution in [0.25, 0.3) is 0 Å². The summed E-state index contributed by atoms with van der Waals surface area (Å²) >= 11 is 0. The molecule has 0 aromatic heterocycles. The van der Waals surface area contributed by atoms with Gasteiger partial charge in [0, 0.05) is 24.7 Å². The Morgan fingerprint density at radius 3 is 2.43 bits per heavy atom. The largest absolute Gasteiger partial charge is 0.352 e. The summed E-state index contributed by atoms with van der Waals surface area (Å²) in [4.78, 5) is 27.5. The molecule has 0 bridgehead atoms. The van der Waals surface area contributed by atoms with Crippen LogP contribution in [0, 0.1) is 5.92 Å². The molecule has 3 atom stereocenters. The number of nitrogens with one attached hydrogen (secondary N) is 1. The van der Waals surface area contributed by atoms with Crippen molar-refractivity contribution in [2.24, 2.45) is 5.92 Å². The lowest BCUT2D eigenvalue weighted by atomic mass is 9.95. The van der Waals surface area contributed by atoms with Crippen LogP contribution in [0.4, 0.5) is 0 Å². The lowest BCUT2D eigenvalue weighted by molar-refractivity contribution is -0.138. The fourth-order valence-electron chi connectivity index (χ4n) is 5.10. The highest BCUT2D eigenvalue weighted by atomic mass is 32.2. The summed E-state index contributed by atoms with van der Waals surface area (Å²) in [5.41, 5.74) is 2.56. The van der Waals surface area contributed by atoms with E-state index in [9.17, 15) is 18.0 Å². The molecule has 0 saturated carbocycles. The fourth-order valence-corrected chi connectivity index (χ4v) is 5.88. The van der Waals surface area contributed by atoms with Crippen LogP contribution in [0.5, 0.6) is 0 Å². The Balaban J connectivity index is 1.46. The van der Waals surface area contributed by atoms with E-state index in [0.29, 0.717) is 12.8 Å². The maximum absolute atomic E-state index is 13.1. The minimum Gasteiger partial charge on any atom is -0.352 e. The van der Waals surface area contributed by atoms with E-state index < -0.39 is 10.0 Å². The first-order chi connectivity index (χ1) is 13.3. The van der Waals surface area contributed by atoms with Crippen molar-refractivity contribution in [1.82, 2.24) is 14.5 Å². The number of hydrogen-bond donors (Lipinski definition) is 1. The normalized spacial score (nSPS) is 28.3. The van der Waals surface area contributed by atoms with Gasteiger partial charge in [-0.25, -0.2) is 8.42 Å². The highest BCUT2D eigenvalue weighted by molar-refractivity contribution is 7.88. The predicted octanol–water partition coefficient (Wildman–Crippen LogP) is 0.541. The highest BCUT2D eigenvalue weighted by Gasteiger charge is 2.50. The van der Waals surface area contributed by atoms with Crippen molar-refractivity contribution in [3.63, 3.8) is 0 Å². The number of fused-ring (bicyclic) bond motifs is 2. The molecule has 1 N–H and O–H groups in total. The van der Waals surface area contributed by atoms with Gasteiger partial charge in [0.2, 0.25) is 21.8 Å². The van der Waals surface area contributed by atoms with Crippen LogP contribution in [0.3, 0.4) is 0 Å². The third-order valence-corrected chi connectivity index (χ3v) is 7.59. The Kier molecular flexibility index (Phi) is 4.95. The van der Waals surface area contributed by atoms with Gasteiger partial charge in [0.25, 0.3) is 0 Å². The molecule has 2 fully saturated rings. The lowest BCUT2D eigenvalue weighted by Gasteiger charge is -2.38. The van der Waals surface area contributed by atoms with Crippen molar-refractivity contribution in [1.29, 1.82) is 0 Å². The van der Waals surface area contributed by atoms with Crippen LogP contribution in [0.1, 0.15) is 30.9 Å². The van der Waals surface area contributed by atoms with Gasteiger partial charge in [-0.3, -0.25) is 9.59 Å². The van der Waals surface area contributed by atoms with Gasteiger partial charge in [-0.15, -0.1) is 0 Å². The van der Waals surface area contributed by atoms with Crippen molar-refractivity contribution >= 4 is 21.8 Å². The maximum Gasteiger partial charge on any atom is 0.238 e. The average Bonchev–Trinajstić information content (AvgIpc) is 3.21. The summed E-state index contributed by atoms with van der Waals surface area (Å²) in [6, 6.07) is 7.94. The van der Waals surface area contributed by atoms with Crippen LogP contribution < -0.4 is 5.32 Å². The van der Waals surface area contributed by atoms with Crippen molar-refractivity contribution in [2.75, 3.05) is 19.3 Å². The molecule has 1 aliphatic carbocycles. The third kappa shape index (κ3) is 3.43. The van der Waals surface area contributed by atoms with Crippen LogP contribution in [-0.2, 0) is 32.5 Å². The molecule has 0 unspecified atom stereocenters. The molecule has 3 aliphatic rings. The zero-order valence-electron chi connectivity index (χ0n) is 16.3. The maximum atomic E-state index is 13.1. The van der Waals surface area contributed by atoms with Gasteiger partial charge in [-0.2, -0.15) is 4.31 Å². The Labute approximate surface area is 166 Å². The molecule has 0 radical (unpaired) electrons. The lowest BCUT2D eigenvalue weighted by Crippen LogP contribution is -2.57. The minimum absolute atomic E-state index is 0.0160. The van der Waals surface area contributed by atoms with Crippen LogP contribution in [-0.4, -0.2) is 66.9 Å². The molecule has 28 heavy (non-hydrogen) atoms. The van der Waals surface area contributed by atoms with Crippen LogP contribution in [0.15, 0.2) is 24.3 Å². The van der Waals surface area contributed by atoms with Gasteiger partial charge in [-0.1, -0.05) is 31.2 Å². The molecular weight excluding hydrogens is 378 g/mol. The minimum atomic E-state index is -3.42. The number of piperazine rings is 1. The van der Waals surface area contributed by atoms with E-state index in [-0.39, 0.29) is 48.9 Å². The first kappa shape index (κ1) is 19.4. The van der Waals surface area contributed by atoms with E-state index in [4.69, 9.17) is 0 Å². The fraction of sp³-hybridized carbons (Fsp3) is 0.600. The van der Waals surface area contributed by atoms with Gasteiger partial charge < -0.3 is 10.2 Å². The zero-order chi connectivity index (χ0) is 20.1. The molecule has 1 aromatic carbocycles. The van der Waals surface area contributed by atoms with Crippen LogP contribution >= 0.6 is 0 Å². The number of hydrogen-bond acceptors (Lipinski definition) is 4. The number of amides is 2. The molecular formula is C20H27N3O4S. The number of rotatable bonds is 4. The topological polar surface area (TPSA) is 86.8 Å². The highest BCUT2D eigenvalue weighted by Crippen LogP contribution is 2.36. The van der Waals surface area contributed by atoms with Crippen molar-refractivity contribution in [2.45, 2.75) is 50.7 Å². The molecule has 7 nitrogen and oxygen atoms in total. The number of carbonyl (C=O) groups is 2. The van der Waals surface area contributed by atoms with Crippen molar-refractivity contribution in [3.05, 3.63) is 35.4 Å². The molecule has 1 aromatic rings. The second-order valence-electron chi connectivity index (χ2n) is 8.21. The van der Waals surface area contributed by atoms with E-state index >= 15 is 0 Å². The van der Waals surface area contributed by atoms with Gasteiger partial charge >= 0.3 is 0 Å². The number of benzene rings is 1. The molecule has 2 heterocycles. The van der Waals surface area contributed by atoms with E-state index in [1.165, 1.54) is 15.4 Å². The monoisotopic (exact) mass is 405 g/mol. The number of nitrogens with zero attached hydrogens (tertiary/aromatic N) is 2. The number of sulfonamides is 1.